The molecule has 88 valence electrons. The summed E-state index contributed by atoms with van der Waals surface area (Å²) in [6.45, 7) is 0.547. The predicted octanol–water partition coefficient (Wildman–Crippen LogP) is 0.359. The number of rotatable bonds is 4. The molecule has 2 aromatic heterocycles. The number of nitrogens with zero attached hydrogens (tertiary/aromatic N) is 2. The molecule has 0 saturated heterocycles. The minimum atomic E-state index is -0.156. The van der Waals surface area contributed by atoms with Crippen molar-refractivity contribution in [2.24, 2.45) is 0 Å². The number of pyridine rings is 1. The lowest BCUT2D eigenvalue weighted by Crippen LogP contribution is -2.25. The second-order valence-corrected chi connectivity index (χ2v) is 3.55. The molecule has 6 heteroatoms. The first-order chi connectivity index (χ1) is 8.25. The van der Waals surface area contributed by atoms with E-state index in [1.165, 1.54) is 6.20 Å². The molecule has 2 rings (SSSR count). The van der Waals surface area contributed by atoms with Gasteiger partial charge in [-0.1, -0.05) is 0 Å². The zero-order valence-electron chi connectivity index (χ0n) is 9.18. The van der Waals surface area contributed by atoms with Crippen molar-refractivity contribution in [1.82, 2.24) is 20.3 Å². The highest BCUT2D eigenvalue weighted by Gasteiger charge is 2.04. The monoisotopic (exact) mass is 231 g/mol. The van der Waals surface area contributed by atoms with Gasteiger partial charge in [0.25, 0.3) is 5.91 Å². The number of nitrogens with two attached hydrogens (primary N) is 1. The van der Waals surface area contributed by atoms with Crippen LogP contribution in [0.25, 0.3) is 0 Å². The van der Waals surface area contributed by atoms with Crippen LogP contribution in [0, 0.1) is 0 Å². The van der Waals surface area contributed by atoms with E-state index in [-0.39, 0.29) is 5.91 Å². The smallest absolute Gasteiger partial charge is 0.252 e. The molecule has 6 nitrogen and oxygen atoms in total. The fourth-order valence-electron chi connectivity index (χ4n) is 1.37. The molecule has 0 spiro atoms. The van der Waals surface area contributed by atoms with Crippen LogP contribution in [0.5, 0.6) is 0 Å². The maximum Gasteiger partial charge on any atom is 0.252 e. The number of carbonyl (C=O) groups excluding carboxylic acids is 1. The van der Waals surface area contributed by atoms with E-state index in [2.05, 4.69) is 20.3 Å². The highest BCUT2D eigenvalue weighted by molar-refractivity contribution is 5.93. The van der Waals surface area contributed by atoms with Gasteiger partial charge in [0.15, 0.2) is 0 Å². The molecule has 0 aliphatic carbocycles. The molecule has 0 aliphatic heterocycles. The third-order valence-corrected chi connectivity index (χ3v) is 2.28. The maximum absolute atomic E-state index is 11.7. The molecule has 0 atom stereocenters. The minimum Gasteiger partial charge on any atom is -0.384 e. The van der Waals surface area contributed by atoms with Gasteiger partial charge in [0.1, 0.15) is 5.82 Å². The lowest BCUT2D eigenvalue weighted by atomic mass is 10.2. The fourth-order valence-corrected chi connectivity index (χ4v) is 1.37. The first-order valence-electron chi connectivity index (χ1n) is 5.22. The molecule has 4 N–H and O–H groups in total. The van der Waals surface area contributed by atoms with Gasteiger partial charge in [-0.15, -0.1) is 0 Å². The molecule has 0 bridgehead atoms. The van der Waals surface area contributed by atoms with Crippen molar-refractivity contribution in [3.05, 3.63) is 42.1 Å². The Kier molecular flexibility index (Phi) is 3.34. The van der Waals surface area contributed by atoms with Crippen LogP contribution in [-0.2, 0) is 6.42 Å². The van der Waals surface area contributed by atoms with Crippen LogP contribution >= 0.6 is 0 Å². The molecule has 2 heterocycles. The van der Waals surface area contributed by atoms with Gasteiger partial charge in [-0.05, 0) is 12.1 Å². The summed E-state index contributed by atoms with van der Waals surface area (Å²) < 4.78 is 0. The number of aromatic amines is 1. The third kappa shape index (κ3) is 3.04. The van der Waals surface area contributed by atoms with Gasteiger partial charge in [-0.2, -0.15) is 0 Å². The molecule has 2 aromatic rings. The Labute approximate surface area is 98.3 Å². The van der Waals surface area contributed by atoms with Crippen molar-refractivity contribution >= 4 is 11.7 Å². The number of H-pyrrole nitrogens is 1. The van der Waals surface area contributed by atoms with Gasteiger partial charge in [0.2, 0.25) is 0 Å². The molecule has 0 fully saturated rings. The number of anilines is 1. The van der Waals surface area contributed by atoms with E-state index in [1.54, 1.807) is 24.7 Å². The van der Waals surface area contributed by atoms with Gasteiger partial charge >= 0.3 is 0 Å². The molecular weight excluding hydrogens is 218 g/mol. The standard InChI is InChI=1S/C11H13N5O/c12-10-2-1-8(5-15-10)11(17)14-4-3-9-6-13-7-16-9/h1-2,5-7H,3-4H2,(H2,12,15)(H,13,16)(H,14,17). The molecular formula is C11H13N5O. The zero-order chi connectivity index (χ0) is 12.1. The van der Waals surface area contributed by atoms with Crippen molar-refractivity contribution in [2.75, 3.05) is 12.3 Å². The summed E-state index contributed by atoms with van der Waals surface area (Å²) in [5.74, 6) is 0.246. The topological polar surface area (TPSA) is 96.7 Å². The average Bonchev–Trinajstić information content (AvgIpc) is 2.83. The molecule has 0 unspecified atom stereocenters. The van der Waals surface area contributed by atoms with Crippen LogP contribution in [-0.4, -0.2) is 27.4 Å². The number of nitrogen functional groups attached to an aromatic ring is 1. The van der Waals surface area contributed by atoms with Gasteiger partial charge in [-0.25, -0.2) is 9.97 Å². The SMILES string of the molecule is Nc1ccc(C(=O)NCCc2cnc[nH]2)cn1. The predicted molar refractivity (Wildman–Crippen MR) is 63.3 cm³/mol. The first-order valence-corrected chi connectivity index (χ1v) is 5.22. The Morgan fingerprint density at radius 1 is 1.41 bits per heavy atom. The van der Waals surface area contributed by atoms with Crippen molar-refractivity contribution in [3.63, 3.8) is 0 Å². The van der Waals surface area contributed by atoms with Crippen molar-refractivity contribution in [1.29, 1.82) is 0 Å². The number of imidazole rings is 1. The van der Waals surface area contributed by atoms with Crippen molar-refractivity contribution in [2.45, 2.75) is 6.42 Å². The second kappa shape index (κ2) is 5.11. The van der Waals surface area contributed by atoms with Crippen LogP contribution in [0.4, 0.5) is 5.82 Å². The molecule has 0 radical (unpaired) electrons. The molecule has 17 heavy (non-hydrogen) atoms. The summed E-state index contributed by atoms with van der Waals surface area (Å²) in [7, 11) is 0. The lowest BCUT2D eigenvalue weighted by Gasteiger charge is -2.03. The summed E-state index contributed by atoms with van der Waals surface area (Å²) >= 11 is 0. The van der Waals surface area contributed by atoms with Crippen LogP contribution in [0.2, 0.25) is 0 Å². The number of carbonyl (C=O) groups is 1. The van der Waals surface area contributed by atoms with Crippen LogP contribution in [0.1, 0.15) is 16.1 Å². The Morgan fingerprint density at radius 2 is 2.29 bits per heavy atom. The number of amides is 1. The number of nitrogens with one attached hydrogen (secondary N) is 2. The normalized spacial score (nSPS) is 10.1. The van der Waals surface area contributed by atoms with E-state index in [1.807, 2.05) is 0 Å². The van der Waals surface area contributed by atoms with Crippen LogP contribution < -0.4 is 11.1 Å². The summed E-state index contributed by atoms with van der Waals surface area (Å²) in [4.78, 5) is 22.4. The first kappa shape index (κ1) is 11.1. The van der Waals surface area contributed by atoms with Gasteiger partial charge in [0, 0.05) is 31.1 Å². The van der Waals surface area contributed by atoms with E-state index in [0.29, 0.717) is 24.3 Å². The van der Waals surface area contributed by atoms with E-state index in [9.17, 15) is 4.79 Å². The number of aromatic nitrogens is 3. The molecule has 1 amide bonds. The van der Waals surface area contributed by atoms with Gasteiger partial charge in [-0.3, -0.25) is 4.79 Å². The summed E-state index contributed by atoms with van der Waals surface area (Å²) in [6.07, 6.45) is 5.52. The van der Waals surface area contributed by atoms with E-state index in [0.717, 1.165) is 5.69 Å². The van der Waals surface area contributed by atoms with Crippen LogP contribution in [0.3, 0.4) is 0 Å². The molecule has 0 aliphatic rings. The Bertz CT molecular complexity index is 477. The quantitative estimate of drug-likeness (QED) is 0.707. The maximum atomic E-state index is 11.7. The van der Waals surface area contributed by atoms with E-state index < -0.39 is 0 Å². The van der Waals surface area contributed by atoms with Gasteiger partial charge in [0.05, 0.1) is 11.9 Å². The minimum absolute atomic E-state index is 0.156. The molecule has 0 aromatic carbocycles. The van der Waals surface area contributed by atoms with Crippen molar-refractivity contribution < 1.29 is 4.79 Å². The Balaban J connectivity index is 1.83. The molecule has 0 saturated carbocycles. The van der Waals surface area contributed by atoms with E-state index in [4.69, 9.17) is 5.73 Å². The highest BCUT2D eigenvalue weighted by atomic mass is 16.1. The lowest BCUT2D eigenvalue weighted by molar-refractivity contribution is 0.0954. The largest absolute Gasteiger partial charge is 0.384 e. The summed E-state index contributed by atoms with van der Waals surface area (Å²) in [6, 6.07) is 3.25. The summed E-state index contributed by atoms with van der Waals surface area (Å²) in [5.41, 5.74) is 6.93. The van der Waals surface area contributed by atoms with Gasteiger partial charge < -0.3 is 16.0 Å². The highest BCUT2D eigenvalue weighted by Crippen LogP contribution is 2.01. The average molecular weight is 231 g/mol. The summed E-state index contributed by atoms with van der Waals surface area (Å²) in [5, 5.41) is 2.79. The fraction of sp³-hybridized carbons (Fsp3) is 0.182. The zero-order valence-corrected chi connectivity index (χ0v) is 9.18. The number of hydrogen-bond acceptors (Lipinski definition) is 4. The van der Waals surface area contributed by atoms with Crippen molar-refractivity contribution in [3.8, 4) is 0 Å². The Hall–Kier alpha value is -2.37. The van der Waals surface area contributed by atoms with E-state index >= 15 is 0 Å². The number of hydrogen-bond donors (Lipinski definition) is 3. The Morgan fingerprint density at radius 3 is 2.94 bits per heavy atom. The second-order valence-electron chi connectivity index (χ2n) is 3.55. The van der Waals surface area contributed by atoms with Crippen LogP contribution in [0.15, 0.2) is 30.9 Å². The third-order valence-electron chi connectivity index (χ3n) is 2.28.